The van der Waals surface area contributed by atoms with Gasteiger partial charge in [-0.05, 0) is 44.3 Å². The summed E-state index contributed by atoms with van der Waals surface area (Å²) in [6, 6.07) is 0. The number of carbonyl (C=O) groups excluding carboxylic acids is 1. The average molecular weight is 210 g/mol. The summed E-state index contributed by atoms with van der Waals surface area (Å²) in [5, 5.41) is 0. The number of hydrogen-bond donors (Lipinski definition) is 0. The molecule has 1 rings (SSSR count). The molecule has 15 heavy (non-hydrogen) atoms. The van der Waals surface area contributed by atoms with Crippen molar-refractivity contribution in [1.82, 2.24) is 0 Å². The summed E-state index contributed by atoms with van der Waals surface area (Å²) in [6.07, 6.45) is 3.51. The molecule has 0 aromatic carbocycles. The first-order chi connectivity index (χ1) is 7.09. The van der Waals surface area contributed by atoms with Gasteiger partial charge in [0.2, 0.25) is 0 Å². The van der Waals surface area contributed by atoms with Gasteiger partial charge in [-0.25, -0.2) is 4.79 Å². The van der Waals surface area contributed by atoms with Gasteiger partial charge in [0.15, 0.2) is 0 Å². The van der Waals surface area contributed by atoms with Gasteiger partial charge in [-0.2, -0.15) is 0 Å². The normalized spacial score (nSPS) is 16.1. The fraction of sp³-hybridized carbons (Fsp3) is 0.583. The van der Waals surface area contributed by atoms with Crippen LogP contribution in [0.5, 0.6) is 0 Å². The predicted octanol–water partition coefficient (Wildman–Crippen LogP) is 3.56. The lowest BCUT2D eigenvalue weighted by atomic mass is 9.99. The molecule has 0 aromatic rings. The molecule has 0 aliphatic heterocycles. The summed E-state index contributed by atoms with van der Waals surface area (Å²) >= 11 is 0. The molecule has 0 bridgehead atoms. The SMILES string of the molecule is C=C(C)COC(=O)OC1=C(C)CCCC1. The molecular weight excluding hydrogens is 192 g/mol. The van der Waals surface area contributed by atoms with Crippen molar-refractivity contribution in [3.8, 4) is 0 Å². The van der Waals surface area contributed by atoms with E-state index in [1.807, 2.05) is 6.92 Å². The van der Waals surface area contributed by atoms with E-state index >= 15 is 0 Å². The molecule has 0 saturated heterocycles. The molecule has 0 amide bonds. The maximum Gasteiger partial charge on any atom is 0.513 e. The van der Waals surface area contributed by atoms with Gasteiger partial charge in [0.1, 0.15) is 12.4 Å². The third-order valence-electron chi connectivity index (χ3n) is 2.32. The lowest BCUT2D eigenvalue weighted by molar-refractivity contribution is 0.0801. The van der Waals surface area contributed by atoms with Crippen LogP contribution in [-0.2, 0) is 9.47 Å². The minimum absolute atomic E-state index is 0.227. The number of allylic oxidation sites excluding steroid dienone is 2. The van der Waals surface area contributed by atoms with Gasteiger partial charge in [0.25, 0.3) is 0 Å². The third-order valence-corrected chi connectivity index (χ3v) is 2.32. The fourth-order valence-corrected chi connectivity index (χ4v) is 1.48. The van der Waals surface area contributed by atoms with Gasteiger partial charge in [0, 0.05) is 6.42 Å². The smallest absolute Gasteiger partial charge is 0.429 e. The molecule has 3 heteroatoms. The Hall–Kier alpha value is -1.25. The molecule has 0 heterocycles. The molecule has 0 unspecified atom stereocenters. The Kier molecular flexibility index (Phi) is 4.40. The first-order valence-electron chi connectivity index (χ1n) is 5.27. The van der Waals surface area contributed by atoms with E-state index in [-0.39, 0.29) is 6.61 Å². The summed E-state index contributed by atoms with van der Waals surface area (Å²) in [4.78, 5) is 11.2. The van der Waals surface area contributed by atoms with E-state index in [0.717, 1.165) is 36.2 Å². The highest BCUT2D eigenvalue weighted by atomic mass is 16.7. The first kappa shape index (κ1) is 11.8. The van der Waals surface area contributed by atoms with Crippen LogP contribution in [0.4, 0.5) is 4.79 Å². The summed E-state index contributed by atoms with van der Waals surface area (Å²) in [5.74, 6) is 0.785. The number of ether oxygens (including phenoxy) is 2. The quantitative estimate of drug-likeness (QED) is 0.527. The monoisotopic (exact) mass is 210 g/mol. The zero-order chi connectivity index (χ0) is 11.3. The minimum atomic E-state index is -0.616. The minimum Gasteiger partial charge on any atom is -0.429 e. The molecule has 84 valence electrons. The van der Waals surface area contributed by atoms with Crippen LogP contribution >= 0.6 is 0 Å². The van der Waals surface area contributed by atoms with Crippen molar-refractivity contribution in [3.63, 3.8) is 0 Å². The number of rotatable bonds is 3. The van der Waals surface area contributed by atoms with Gasteiger partial charge in [-0.1, -0.05) is 6.58 Å². The van der Waals surface area contributed by atoms with Crippen LogP contribution in [0, 0.1) is 0 Å². The van der Waals surface area contributed by atoms with E-state index in [1.54, 1.807) is 6.92 Å². The van der Waals surface area contributed by atoms with Crippen LogP contribution in [0.2, 0.25) is 0 Å². The van der Waals surface area contributed by atoms with Crippen molar-refractivity contribution in [2.45, 2.75) is 39.5 Å². The average Bonchev–Trinajstić information content (AvgIpc) is 2.18. The zero-order valence-corrected chi connectivity index (χ0v) is 9.47. The molecule has 0 atom stereocenters. The van der Waals surface area contributed by atoms with Gasteiger partial charge < -0.3 is 9.47 Å². The molecule has 0 aromatic heterocycles. The van der Waals surface area contributed by atoms with Crippen molar-refractivity contribution >= 4 is 6.16 Å². The Morgan fingerprint density at radius 1 is 1.40 bits per heavy atom. The standard InChI is InChI=1S/C12H18O3/c1-9(2)8-14-12(13)15-11-7-5-4-6-10(11)3/h1,4-8H2,2-3H3. The van der Waals surface area contributed by atoms with Crippen LogP contribution in [0.1, 0.15) is 39.5 Å². The van der Waals surface area contributed by atoms with Gasteiger partial charge >= 0.3 is 6.16 Å². The summed E-state index contributed by atoms with van der Waals surface area (Å²) in [6.45, 7) is 7.68. The second-order valence-corrected chi connectivity index (χ2v) is 4.01. The molecule has 3 nitrogen and oxygen atoms in total. The summed E-state index contributed by atoms with van der Waals surface area (Å²) in [5.41, 5.74) is 1.97. The Bertz CT molecular complexity index is 289. The van der Waals surface area contributed by atoms with Crippen molar-refractivity contribution < 1.29 is 14.3 Å². The maximum atomic E-state index is 11.2. The van der Waals surface area contributed by atoms with E-state index in [9.17, 15) is 4.79 Å². The number of hydrogen-bond acceptors (Lipinski definition) is 3. The van der Waals surface area contributed by atoms with Crippen molar-refractivity contribution in [3.05, 3.63) is 23.5 Å². The van der Waals surface area contributed by atoms with Crippen LogP contribution in [0.25, 0.3) is 0 Å². The van der Waals surface area contributed by atoms with Crippen LogP contribution in [-0.4, -0.2) is 12.8 Å². The third kappa shape index (κ3) is 4.19. The molecule has 1 aliphatic rings. The van der Waals surface area contributed by atoms with E-state index in [1.165, 1.54) is 6.42 Å². The van der Waals surface area contributed by atoms with E-state index in [4.69, 9.17) is 9.47 Å². The summed E-state index contributed by atoms with van der Waals surface area (Å²) in [7, 11) is 0. The lowest BCUT2D eigenvalue weighted by Crippen LogP contribution is -2.11. The highest BCUT2D eigenvalue weighted by molar-refractivity contribution is 5.61. The largest absolute Gasteiger partial charge is 0.513 e. The van der Waals surface area contributed by atoms with Crippen molar-refractivity contribution in [1.29, 1.82) is 0 Å². The first-order valence-corrected chi connectivity index (χ1v) is 5.27. The van der Waals surface area contributed by atoms with Crippen LogP contribution < -0.4 is 0 Å². The van der Waals surface area contributed by atoms with Crippen LogP contribution in [0.15, 0.2) is 23.5 Å². The number of carbonyl (C=O) groups is 1. The zero-order valence-electron chi connectivity index (χ0n) is 9.47. The summed E-state index contributed by atoms with van der Waals surface area (Å²) < 4.78 is 9.99. The highest BCUT2D eigenvalue weighted by Gasteiger charge is 2.14. The maximum absolute atomic E-state index is 11.2. The molecule has 0 spiro atoms. The van der Waals surface area contributed by atoms with Gasteiger partial charge in [-0.15, -0.1) is 0 Å². The molecule has 0 fully saturated rings. The molecule has 0 saturated carbocycles. The Balaban J connectivity index is 2.40. The van der Waals surface area contributed by atoms with E-state index in [0.29, 0.717) is 0 Å². The van der Waals surface area contributed by atoms with Crippen LogP contribution in [0.3, 0.4) is 0 Å². The Morgan fingerprint density at radius 2 is 2.07 bits per heavy atom. The lowest BCUT2D eigenvalue weighted by Gasteiger charge is -2.16. The highest BCUT2D eigenvalue weighted by Crippen LogP contribution is 2.25. The second kappa shape index (κ2) is 5.59. The molecule has 1 aliphatic carbocycles. The fourth-order valence-electron chi connectivity index (χ4n) is 1.48. The Labute approximate surface area is 90.8 Å². The Morgan fingerprint density at radius 3 is 2.67 bits per heavy atom. The second-order valence-electron chi connectivity index (χ2n) is 4.01. The van der Waals surface area contributed by atoms with Crippen molar-refractivity contribution in [2.75, 3.05) is 6.61 Å². The topological polar surface area (TPSA) is 35.5 Å². The molecular formula is C12H18O3. The van der Waals surface area contributed by atoms with E-state index in [2.05, 4.69) is 6.58 Å². The van der Waals surface area contributed by atoms with Crippen molar-refractivity contribution in [2.24, 2.45) is 0 Å². The molecule has 0 radical (unpaired) electrons. The van der Waals surface area contributed by atoms with Gasteiger partial charge in [0.05, 0.1) is 0 Å². The molecule has 0 N–H and O–H groups in total. The van der Waals surface area contributed by atoms with Gasteiger partial charge in [-0.3, -0.25) is 0 Å². The predicted molar refractivity (Wildman–Crippen MR) is 58.4 cm³/mol. The van der Waals surface area contributed by atoms with E-state index < -0.39 is 6.16 Å².